The zero-order chi connectivity index (χ0) is 19.5. The second-order valence-corrected chi connectivity index (χ2v) is 7.96. The second kappa shape index (κ2) is 8.03. The van der Waals surface area contributed by atoms with Crippen LogP contribution in [-0.2, 0) is 21.4 Å². The van der Waals surface area contributed by atoms with Gasteiger partial charge in [-0.15, -0.1) is 0 Å². The van der Waals surface area contributed by atoms with Crippen LogP contribution in [0, 0.1) is 5.82 Å². The Balaban J connectivity index is 2.35. The summed E-state index contributed by atoms with van der Waals surface area (Å²) in [7, 11) is -1.25. The zero-order valence-corrected chi connectivity index (χ0v) is 16.0. The molecule has 0 spiro atoms. The normalized spacial score (nSPS) is 11.5. The van der Waals surface area contributed by atoms with Crippen molar-refractivity contribution >= 4 is 33.2 Å². The Kier molecular flexibility index (Phi) is 6.22. The van der Waals surface area contributed by atoms with E-state index in [0.717, 1.165) is 4.31 Å². The molecular formula is C17H18ClFN2O4S. The Labute approximate surface area is 156 Å². The zero-order valence-electron chi connectivity index (χ0n) is 14.4. The minimum atomic E-state index is -3.93. The molecule has 2 aromatic rings. The number of amides is 1. The van der Waals surface area contributed by atoms with Crippen molar-refractivity contribution < 1.29 is 22.3 Å². The number of anilines is 1. The number of nitrogens with one attached hydrogen (secondary N) is 1. The van der Waals surface area contributed by atoms with Crippen LogP contribution < -0.4 is 10.1 Å². The van der Waals surface area contributed by atoms with Gasteiger partial charge < -0.3 is 10.1 Å². The Morgan fingerprint density at radius 3 is 2.58 bits per heavy atom. The highest BCUT2D eigenvalue weighted by Gasteiger charge is 2.24. The number of methoxy groups -OCH3 is 1. The number of ether oxygens (including phenoxy) is 1. The van der Waals surface area contributed by atoms with Gasteiger partial charge in [0.05, 0.1) is 17.7 Å². The standard InChI is InChI=1S/C17H18ClFN2O4S/c1-11(22)20-16-8-7-12(9-17(16)25-3)26(23,24)21(2)10-13-14(18)5-4-6-15(13)19/h4-9H,10H2,1-3H3,(H,20,22). The van der Waals surface area contributed by atoms with Crippen molar-refractivity contribution in [3.05, 3.63) is 52.8 Å². The molecule has 0 aliphatic carbocycles. The van der Waals surface area contributed by atoms with E-state index in [-0.39, 0.29) is 33.7 Å². The lowest BCUT2D eigenvalue weighted by atomic mass is 10.2. The third kappa shape index (κ3) is 4.32. The fourth-order valence-electron chi connectivity index (χ4n) is 2.30. The van der Waals surface area contributed by atoms with Gasteiger partial charge >= 0.3 is 0 Å². The summed E-state index contributed by atoms with van der Waals surface area (Å²) in [5, 5.41) is 2.69. The summed E-state index contributed by atoms with van der Waals surface area (Å²) in [5.74, 6) is -0.707. The van der Waals surface area contributed by atoms with Crippen LogP contribution in [-0.4, -0.2) is 32.8 Å². The number of carbonyl (C=O) groups excluding carboxylic acids is 1. The predicted octanol–water partition coefficient (Wildman–Crippen LogP) is 3.27. The van der Waals surface area contributed by atoms with Crippen LogP contribution in [0.15, 0.2) is 41.3 Å². The van der Waals surface area contributed by atoms with Crippen LogP contribution in [0.3, 0.4) is 0 Å². The van der Waals surface area contributed by atoms with Crippen molar-refractivity contribution in [3.8, 4) is 5.75 Å². The molecule has 0 saturated carbocycles. The average molecular weight is 401 g/mol. The first kappa shape index (κ1) is 20.2. The Bertz CT molecular complexity index is 914. The molecule has 0 unspecified atom stereocenters. The molecule has 2 rings (SSSR count). The molecular weight excluding hydrogens is 383 g/mol. The van der Waals surface area contributed by atoms with Crippen LogP contribution in [0.1, 0.15) is 12.5 Å². The molecule has 0 aliphatic rings. The Morgan fingerprint density at radius 2 is 2.00 bits per heavy atom. The van der Waals surface area contributed by atoms with Gasteiger partial charge in [-0.3, -0.25) is 4.79 Å². The molecule has 0 heterocycles. The number of nitrogens with zero attached hydrogens (tertiary/aromatic N) is 1. The van der Waals surface area contributed by atoms with Crippen LogP contribution in [0.4, 0.5) is 10.1 Å². The van der Waals surface area contributed by atoms with E-state index in [1.807, 2.05) is 0 Å². The largest absolute Gasteiger partial charge is 0.495 e. The van der Waals surface area contributed by atoms with E-state index in [2.05, 4.69) is 5.32 Å². The first-order valence-electron chi connectivity index (χ1n) is 7.51. The molecule has 0 radical (unpaired) electrons. The molecule has 0 aromatic heterocycles. The molecule has 1 amide bonds. The number of sulfonamides is 1. The SMILES string of the molecule is COc1cc(S(=O)(=O)N(C)Cc2c(F)cccc2Cl)ccc1NC(C)=O. The molecule has 1 N–H and O–H groups in total. The summed E-state index contributed by atoms with van der Waals surface area (Å²) in [6.45, 7) is 1.10. The highest BCUT2D eigenvalue weighted by Crippen LogP contribution is 2.30. The lowest BCUT2D eigenvalue weighted by molar-refractivity contribution is -0.114. The van der Waals surface area contributed by atoms with E-state index in [0.29, 0.717) is 5.69 Å². The molecule has 9 heteroatoms. The molecule has 0 bridgehead atoms. The number of hydrogen-bond donors (Lipinski definition) is 1. The van der Waals surface area contributed by atoms with Gasteiger partial charge in [0.2, 0.25) is 15.9 Å². The summed E-state index contributed by atoms with van der Waals surface area (Å²) in [6.07, 6.45) is 0. The van der Waals surface area contributed by atoms with Gasteiger partial charge in [-0.05, 0) is 24.3 Å². The van der Waals surface area contributed by atoms with Crippen LogP contribution in [0.5, 0.6) is 5.75 Å². The molecule has 0 saturated heterocycles. The average Bonchev–Trinajstić information content (AvgIpc) is 2.57. The van der Waals surface area contributed by atoms with Gasteiger partial charge in [0.15, 0.2) is 0 Å². The van der Waals surface area contributed by atoms with E-state index in [1.165, 1.54) is 57.5 Å². The lowest BCUT2D eigenvalue weighted by Crippen LogP contribution is -2.27. The summed E-state index contributed by atoms with van der Waals surface area (Å²) < 4.78 is 45.6. The predicted molar refractivity (Wildman–Crippen MR) is 97.4 cm³/mol. The summed E-state index contributed by atoms with van der Waals surface area (Å²) >= 11 is 5.96. The Hall–Kier alpha value is -2.16. The van der Waals surface area contributed by atoms with Gasteiger partial charge in [-0.1, -0.05) is 17.7 Å². The van der Waals surface area contributed by atoms with Crippen molar-refractivity contribution in [2.45, 2.75) is 18.4 Å². The van der Waals surface area contributed by atoms with Crippen LogP contribution in [0.2, 0.25) is 5.02 Å². The van der Waals surface area contributed by atoms with Crippen molar-refractivity contribution in [2.75, 3.05) is 19.5 Å². The smallest absolute Gasteiger partial charge is 0.243 e. The number of carbonyl (C=O) groups is 1. The highest BCUT2D eigenvalue weighted by atomic mass is 35.5. The first-order chi connectivity index (χ1) is 12.2. The van der Waals surface area contributed by atoms with Crippen LogP contribution in [0.25, 0.3) is 0 Å². The van der Waals surface area contributed by atoms with Gasteiger partial charge in [0, 0.05) is 37.2 Å². The van der Waals surface area contributed by atoms with E-state index < -0.39 is 15.8 Å². The number of halogens is 2. The highest BCUT2D eigenvalue weighted by molar-refractivity contribution is 7.89. The van der Waals surface area contributed by atoms with Gasteiger partial charge in [0.25, 0.3) is 0 Å². The topological polar surface area (TPSA) is 75.7 Å². The lowest BCUT2D eigenvalue weighted by Gasteiger charge is -2.19. The molecule has 140 valence electrons. The van der Waals surface area contributed by atoms with Crippen molar-refractivity contribution in [1.82, 2.24) is 4.31 Å². The number of rotatable bonds is 6. The third-order valence-corrected chi connectivity index (χ3v) is 5.79. The minimum Gasteiger partial charge on any atom is -0.495 e. The van der Waals surface area contributed by atoms with Crippen molar-refractivity contribution in [3.63, 3.8) is 0 Å². The molecule has 6 nitrogen and oxygen atoms in total. The monoisotopic (exact) mass is 400 g/mol. The maximum Gasteiger partial charge on any atom is 0.243 e. The second-order valence-electron chi connectivity index (χ2n) is 5.50. The van der Waals surface area contributed by atoms with E-state index in [4.69, 9.17) is 16.3 Å². The van der Waals surface area contributed by atoms with Crippen molar-refractivity contribution in [2.24, 2.45) is 0 Å². The van der Waals surface area contributed by atoms with Gasteiger partial charge in [-0.2, -0.15) is 4.31 Å². The molecule has 0 atom stereocenters. The number of hydrogen-bond acceptors (Lipinski definition) is 4. The fraction of sp³-hybridized carbons (Fsp3) is 0.235. The maximum absolute atomic E-state index is 13.9. The maximum atomic E-state index is 13.9. The van der Waals surface area contributed by atoms with Crippen LogP contribution >= 0.6 is 11.6 Å². The molecule has 26 heavy (non-hydrogen) atoms. The third-order valence-electron chi connectivity index (χ3n) is 3.63. The molecule has 0 fully saturated rings. The van der Waals surface area contributed by atoms with E-state index in [9.17, 15) is 17.6 Å². The van der Waals surface area contributed by atoms with Gasteiger partial charge in [-0.25, -0.2) is 12.8 Å². The first-order valence-corrected chi connectivity index (χ1v) is 9.33. The summed E-state index contributed by atoms with van der Waals surface area (Å²) in [6, 6.07) is 8.21. The molecule has 0 aliphatic heterocycles. The summed E-state index contributed by atoms with van der Waals surface area (Å²) in [4.78, 5) is 11.1. The summed E-state index contributed by atoms with van der Waals surface area (Å²) in [5.41, 5.74) is 0.431. The van der Waals surface area contributed by atoms with Gasteiger partial charge in [0.1, 0.15) is 11.6 Å². The van der Waals surface area contributed by atoms with E-state index in [1.54, 1.807) is 0 Å². The van der Waals surface area contributed by atoms with E-state index >= 15 is 0 Å². The number of benzene rings is 2. The Morgan fingerprint density at radius 1 is 1.31 bits per heavy atom. The quantitative estimate of drug-likeness (QED) is 0.807. The van der Waals surface area contributed by atoms with Crippen molar-refractivity contribution in [1.29, 1.82) is 0 Å². The molecule has 2 aromatic carbocycles. The minimum absolute atomic E-state index is 0.0570. The fourth-order valence-corrected chi connectivity index (χ4v) is 3.67.